The van der Waals surface area contributed by atoms with Gasteiger partial charge in [-0.15, -0.1) is 0 Å². The second kappa shape index (κ2) is 8.31. The molecule has 0 rings (SSSR count). The lowest BCUT2D eigenvalue weighted by molar-refractivity contribution is -0.844. The summed E-state index contributed by atoms with van der Waals surface area (Å²) in [5.41, 5.74) is 0. The van der Waals surface area contributed by atoms with E-state index in [1.807, 2.05) is 7.05 Å². The van der Waals surface area contributed by atoms with Gasteiger partial charge >= 0.3 is 0 Å². The number of hydrogen-bond donors (Lipinski definition) is 1. The smallest absolute Gasteiger partial charge is 0.264 e. The molecule has 0 aliphatic rings. The van der Waals surface area contributed by atoms with Crippen LogP contribution in [0.5, 0.6) is 0 Å². The highest BCUT2D eigenvalue weighted by Crippen LogP contribution is 2.09. The van der Waals surface area contributed by atoms with Gasteiger partial charge in [0.05, 0.1) is 25.9 Å². The Labute approximate surface area is 116 Å². The molecule has 0 saturated carbocycles. The molecule has 1 N–H and O–H groups in total. The van der Waals surface area contributed by atoms with Crippen molar-refractivity contribution in [3.05, 3.63) is 0 Å². The fraction of sp³-hybridized carbons (Fsp3) is 0.769. The van der Waals surface area contributed by atoms with E-state index >= 15 is 0 Å². The number of ketones is 1. The van der Waals surface area contributed by atoms with Crippen LogP contribution < -0.4 is 0 Å². The lowest BCUT2D eigenvalue weighted by atomic mass is 10.1. The Balaban J connectivity index is 3.96. The van der Waals surface area contributed by atoms with E-state index in [4.69, 9.17) is 11.0 Å². The summed E-state index contributed by atoms with van der Waals surface area (Å²) in [5, 5.41) is 0. The topological polar surface area (TPSA) is 71.4 Å². The zero-order chi connectivity index (χ0) is 14.9. The van der Waals surface area contributed by atoms with Crippen LogP contribution in [0.25, 0.3) is 0 Å². The van der Waals surface area contributed by atoms with Crippen molar-refractivity contribution in [3.8, 4) is 12.5 Å². The molecule has 0 bridgehead atoms. The third-order valence-corrected chi connectivity index (χ3v) is 3.85. The molecule has 0 radical (unpaired) electrons. The average Bonchev–Trinajstić information content (AvgIpc) is 2.29. The molecular weight excluding hydrogens is 266 g/mol. The van der Waals surface area contributed by atoms with E-state index in [0.29, 0.717) is 30.3 Å². The van der Waals surface area contributed by atoms with Crippen molar-refractivity contribution < 1.29 is 22.2 Å². The summed E-state index contributed by atoms with van der Waals surface area (Å²) in [6.07, 6.45) is 8.83. The van der Waals surface area contributed by atoms with Gasteiger partial charge in [-0.25, -0.2) is 4.48 Å². The van der Waals surface area contributed by atoms with Crippen molar-refractivity contribution in [2.24, 2.45) is 0 Å². The van der Waals surface area contributed by atoms with Crippen LogP contribution in [0.1, 0.15) is 39.0 Å². The molecule has 5 nitrogen and oxygen atoms in total. The maximum Gasteiger partial charge on any atom is 0.264 e. The number of carbonyl (C=O) groups is 1. The van der Waals surface area contributed by atoms with Gasteiger partial charge in [-0.3, -0.25) is 4.55 Å². The molecule has 0 aromatic carbocycles. The molecule has 6 heteroatoms. The third-order valence-electron chi connectivity index (χ3n) is 3.05. The van der Waals surface area contributed by atoms with Crippen LogP contribution in [0.3, 0.4) is 0 Å². The molecule has 0 saturated heterocycles. The van der Waals surface area contributed by atoms with Crippen LogP contribution in [-0.4, -0.2) is 49.1 Å². The molecule has 0 amide bonds. The molecule has 0 aromatic heterocycles. The first-order valence-corrected chi connectivity index (χ1v) is 8.06. The predicted molar refractivity (Wildman–Crippen MR) is 74.9 cm³/mol. The molecule has 0 fully saturated rings. The van der Waals surface area contributed by atoms with Crippen molar-refractivity contribution in [3.63, 3.8) is 0 Å². The normalized spacial score (nSPS) is 14.6. The Morgan fingerprint density at radius 2 is 1.74 bits per heavy atom. The number of terminal acetylenes is 1. The Hall–Kier alpha value is -0.900. The van der Waals surface area contributed by atoms with E-state index in [-0.39, 0.29) is 11.5 Å². The van der Waals surface area contributed by atoms with E-state index < -0.39 is 10.1 Å². The Kier molecular flexibility index (Phi) is 7.91. The van der Waals surface area contributed by atoms with Gasteiger partial charge in [-0.1, -0.05) is 6.42 Å². The molecule has 0 aromatic rings. The van der Waals surface area contributed by atoms with Gasteiger partial charge in [0.2, 0.25) is 0 Å². The van der Waals surface area contributed by atoms with Crippen molar-refractivity contribution in [2.75, 3.05) is 25.9 Å². The lowest BCUT2D eigenvalue weighted by Gasteiger charge is -2.26. The number of carbonyl (C=O) groups excluding carboxylic acids is 1. The predicted octanol–water partition coefficient (Wildman–Crippen LogP) is 1.45. The summed E-state index contributed by atoms with van der Waals surface area (Å²) in [4.78, 5) is 10.8. The number of nitrogens with zero attached hydrogens (tertiary/aromatic N) is 1. The Morgan fingerprint density at radius 1 is 1.21 bits per heavy atom. The zero-order valence-electron chi connectivity index (χ0n) is 11.8. The molecule has 0 spiro atoms. The van der Waals surface area contributed by atoms with Crippen LogP contribution >= 0.6 is 0 Å². The first kappa shape index (κ1) is 18.1. The highest BCUT2D eigenvalue weighted by molar-refractivity contribution is 7.85. The number of Topliss-reactive ketones (excluding diaryl/α,β-unsaturated/α-hetero) is 1. The van der Waals surface area contributed by atoms with Crippen LogP contribution in [0.15, 0.2) is 0 Å². The summed E-state index contributed by atoms with van der Waals surface area (Å²) < 4.78 is 30.2. The van der Waals surface area contributed by atoms with Crippen molar-refractivity contribution >= 4 is 15.9 Å². The highest BCUT2D eigenvalue weighted by atomic mass is 32.2. The number of unbranched alkanes of at least 4 members (excludes halogenated alkanes) is 2. The van der Waals surface area contributed by atoms with Crippen molar-refractivity contribution in [1.82, 2.24) is 0 Å². The molecule has 110 valence electrons. The van der Waals surface area contributed by atoms with Gasteiger partial charge in [0.1, 0.15) is 11.8 Å². The van der Waals surface area contributed by atoms with Crippen molar-refractivity contribution in [2.45, 2.75) is 39.0 Å². The highest BCUT2D eigenvalue weighted by Gasteiger charge is 2.18. The van der Waals surface area contributed by atoms with Crippen LogP contribution in [0, 0.1) is 12.5 Å². The van der Waals surface area contributed by atoms with Crippen molar-refractivity contribution in [1.29, 1.82) is 0 Å². The van der Waals surface area contributed by atoms with Crippen LogP contribution in [0.4, 0.5) is 0 Å². The molecule has 1 atom stereocenters. The van der Waals surface area contributed by atoms with E-state index in [9.17, 15) is 13.2 Å². The van der Waals surface area contributed by atoms with Gasteiger partial charge < -0.3 is 4.79 Å². The van der Waals surface area contributed by atoms with E-state index in [1.54, 1.807) is 6.92 Å². The summed E-state index contributed by atoms with van der Waals surface area (Å²) >= 11 is 0. The maximum absolute atomic E-state index is 10.8. The minimum Gasteiger partial charge on any atom is -0.300 e. The van der Waals surface area contributed by atoms with Gasteiger partial charge in [-0.05, 0) is 32.6 Å². The van der Waals surface area contributed by atoms with Crippen LogP contribution in [-0.2, 0) is 14.9 Å². The maximum atomic E-state index is 10.8. The average molecular weight is 290 g/mol. The summed E-state index contributed by atoms with van der Waals surface area (Å²) in [7, 11) is -1.96. The Morgan fingerprint density at radius 3 is 2.16 bits per heavy atom. The fourth-order valence-corrected chi connectivity index (χ4v) is 2.39. The van der Waals surface area contributed by atoms with Gasteiger partial charge in [-0.2, -0.15) is 8.42 Å². The van der Waals surface area contributed by atoms with Gasteiger partial charge in [0.25, 0.3) is 10.1 Å². The summed E-state index contributed by atoms with van der Waals surface area (Å²) in [6.45, 7) is 3.02. The second-order valence-corrected chi connectivity index (χ2v) is 6.70. The number of quaternary nitrogens is 1. The SMILES string of the molecule is C#C[N+](C)(CCCCC(C)=O)CCCCS(=O)(=O)O. The first-order chi connectivity index (χ1) is 8.68. The van der Waals surface area contributed by atoms with E-state index in [1.165, 1.54) is 0 Å². The van der Waals surface area contributed by atoms with E-state index in [2.05, 4.69) is 6.04 Å². The van der Waals surface area contributed by atoms with E-state index in [0.717, 1.165) is 19.4 Å². The van der Waals surface area contributed by atoms with Gasteiger partial charge in [0, 0.05) is 6.42 Å². The third kappa shape index (κ3) is 10.7. The summed E-state index contributed by atoms with van der Waals surface area (Å²) in [6, 6.07) is 2.70. The minimum absolute atomic E-state index is 0.183. The molecule has 0 aliphatic heterocycles. The monoisotopic (exact) mass is 290 g/mol. The van der Waals surface area contributed by atoms with Gasteiger partial charge in [0.15, 0.2) is 0 Å². The first-order valence-electron chi connectivity index (χ1n) is 6.45. The largest absolute Gasteiger partial charge is 0.300 e. The zero-order valence-corrected chi connectivity index (χ0v) is 12.6. The second-order valence-electron chi connectivity index (χ2n) is 5.12. The molecule has 0 heterocycles. The fourth-order valence-electron chi connectivity index (χ4n) is 1.82. The minimum atomic E-state index is -3.88. The molecular formula is C13H24NO4S+. The Bertz CT molecular complexity index is 424. The molecule has 0 aliphatic carbocycles. The number of hydrogen-bond acceptors (Lipinski definition) is 3. The number of rotatable bonds is 10. The van der Waals surface area contributed by atoms with Crippen LogP contribution in [0.2, 0.25) is 0 Å². The quantitative estimate of drug-likeness (QED) is 0.286. The lowest BCUT2D eigenvalue weighted by Crippen LogP contribution is -2.40. The standard InChI is InChI=1S/C13H23NO4S/c1-4-14(3,10-6-5-9-13(2)15)11-7-8-12-19(16,17)18/h1H,5-12H2,2-3H3/p+1. The molecule has 1 unspecified atom stereocenters. The molecule has 19 heavy (non-hydrogen) atoms. The summed E-state index contributed by atoms with van der Waals surface area (Å²) in [5.74, 6) is -0.0369.